The quantitative estimate of drug-likeness (QED) is 0.602. The third-order valence-electron chi connectivity index (χ3n) is 5.63. The molecule has 3 N–H and O–H groups in total. The Labute approximate surface area is 177 Å². The van der Waals surface area contributed by atoms with E-state index in [2.05, 4.69) is 15.6 Å². The fourth-order valence-corrected chi connectivity index (χ4v) is 4.09. The van der Waals surface area contributed by atoms with Crippen molar-refractivity contribution in [2.45, 2.75) is 31.5 Å². The zero-order chi connectivity index (χ0) is 21.4. The number of fused-ring (bicyclic) bond motifs is 2. The number of rotatable bonds is 4. The van der Waals surface area contributed by atoms with Gasteiger partial charge in [0.1, 0.15) is 5.56 Å². The van der Waals surface area contributed by atoms with Gasteiger partial charge >= 0.3 is 0 Å². The summed E-state index contributed by atoms with van der Waals surface area (Å²) in [5.74, 6) is -0.322. The van der Waals surface area contributed by atoms with E-state index in [0.717, 1.165) is 25.7 Å². The minimum absolute atomic E-state index is 0.0450. The first kappa shape index (κ1) is 19.2. The van der Waals surface area contributed by atoms with Crippen LogP contribution in [0.1, 0.15) is 36.0 Å². The van der Waals surface area contributed by atoms with Gasteiger partial charge in [0.15, 0.2) is 11.5 Å². The molecule has 31 heavy (non-hydrogen) atoms. The number of nitrogens with one attached hydrogen (secondary N) is 3. The zero-order valence-corrected chi connectivity index (χ0v) is 16.7. The van der Waals surface area contributed by atoms with Gasteiger partial charge in [0.2, 0.25) is 11.3 Å². The zero-order valence-electron chi connectivity index (χ0n) is 16.7. The van der Waals surface area contributed by atoms with Crippen LogP contribution in [0.2, 0.25) is 0 Å². The van der Waals surface area contributed by atoms with Crippen molar-refractivity contribution >= 4 is 28.4 Å². The number of anilines is 1. The Morgan fingerprint density at radius 2 is 1.81 bits per heavy atom. The molecule has 2 heterocycles. The van der Waals surface area contributed by atoms with E-state index in [0.29, 0.717) is 28.1 Å². The van der Waals surface area contributed by atoms with Crippen molar-refractivity contribution in [1.82, 2.24) is 10.3 Å². The van der Waals surface area contributed by atoms with Crippen molar-refractivity contribution < 1.29 is 19.1 Å². The van der Waals surface area contributed by atoms with Gasteiger partial charge in [-0.25, -0.2) is 0 Å². The van der Waals surface area contributed by atoms with Crippen molar-refractivity contribution in [2.75, 3.05) is 11.9 Å². The van der Waals surface area contributed by atoms with Gasteiger partial charge in [0, 0.05) is 41.7 Å². The number of benzene rings is 2. The van der Waals surface area contributed by atoms with Gasteiger partial charge in [-0.05, 0) is 37.1 Å². The molecule has 0 radical (unpaired) electrons. The van der Waals surface area contributed by atoms with Crippen molar-refractivity contribution in [3.63, 3.8) is 0 Å². The van der Waals surface area contributed by atoms with Crippen molar-refractivity contribution in [1.29, 1.82) is 0 Å². The largest absolute Gasteiger partial charge is 0.448 e. The number of carbonyl (C=O) groups excluding carboxylic acids is 2. The van der Waals surface area contributed by atoms with Crippen molar-refractivity contribution in [2.24, 2.45) is 0 Å². The minimum atomic E-state index is -0.615. The number of para-hydroxylation sites is 1. The van der Waals surface area contributed by atoms with Crippen LogP contribution in [0.15, 0.2) is 53.5 Å². The summed E-state index contributed by atoms with van der Waals surface area (Å²) < 4.78 is 12.0. The highest BCUT2D eigenvalue weighted by Gasteiger charge is 2.44. The first-order valence-electron chi connectivity index (χ1n) is 10.2. The molecule has 1 saturated carbocycles. The summed E-state index contributed by atoms with van der Waals surface area (Å²) in [6.45, 7) is -0.274. The second kappa shape index (κ2) is 7.46. The number of pyridine rings is 1. The molecule has 3 aromatic rings. The predicted molar refractivity (Wildman–Crippen MR) is 114 cm³/mol. The van der Waals surface area contributed by atoms with Gasteiger partial charge in [0.05, 0.1) is 6.54 Å². The molecule has 1 aromatic heterocycles. The minimum Gasteiger partial charge on any atom is -0.448 e. The van der Waals surface area contributed by atoms with E-state index in [4.69, 9.17) is 9.47 Å². The Kier molecular flexibility index (Phi) is 4.62. The standard InChI is InChI=1S/C23H21N3O5/c27-20(13-25-22(29)16-12-24-17-6-2-1-5-15(17)21(16)28)26-14-7-8-18-19(11-14)31-23(30-18)9-3-4-10-23/h1-2,5-8,11-12H,3-4,9-10,13H2,(H,24,28)(H,25,29)(H,26,27). The smallest absolute Gasteiger partial charge is 0.257 e. The van der Waals surface area contributed by atoms with Crippen LogP contribution in [-0.4, -0.2) is 29.1 Å². The fraction of sp³-hybridized carbons (Fsp3) is 0.261. The second-order valence-electron chi connectivity index (χ2n) is 7.79. The summed E-state index contributed by atoms with van der Waals surface area (Å²) in [5, 5.41) is 5.63. The van der Waals surface area contributed by atoms with Gasteiger partial charge in [-0.2, -0.15) is 0 Å². The van der Waals surface area contributed by atoms with Crippen LogP contribution in [0.3, 0.4) is 0 Å². The Morgan fingerprint density at radius 3 is 2.65 bits per heavy atom. The number of amides is 2. The first-order chi connectivity index (χ1) is 15.0. The molecule has 5 rings (SSSR count). The van der Waals surface area contributed by atoms with E-state index in [-0.39, 0.29) is 17.5 Å². The maximum Gasteiger partial charge on any atom is 0.257 e. The molecule has 2 aliphatic rings. The Morgan fingerprint density at radius 1 is 1.03 bits per heavy atom. The molecule has 8 heteroatoms. The number of hydrogen-bond donors (Lipinski definition) is 3. The van der Waals surface area contributed by atoms with E-state index >= 15 is 0 Å². The summed E-state index contributed by atoms with van der Waals surface area (Å²) in [7, 11) is 0. The third-order valence-corrected chi connectivity index (χ3v) is 5.63. The van der Waals surface area contributed by atoms with E-state index in [1.54, 1.807) is 42.5 Å². The number of carbonyl (C=O) groups is 2. The maximum atomic E-state index is 12.5. The number of aromatic nitrogens is 1. The van der Waals surface area contributed by atoms with Crippen molar-refractivity contribution in [3.05, 3.63) is 64.4 Å². The van der Waals surface area contributed by atoms with E-state index in [9.17, 15) is 14.4 Å². The summed E-state index contributed by atoms with van der Waals surface area (Å²) >= 11 is 0. The van der Waals surface area contributed by atoms with Crippen LogP contribution in [0.25, 0.3) is 10.9 Å². The molecule has 158 valence electrons. The molecular formula is C23H21N3O5. The molecule has 2 amide bonds. The highest BCUT2D eigenvalue weighted by molar-refractivity contribution is 6.00. The average Bonchev–Trinajstić information content (AvgIpc) is 3.38. The van der Waals surface area contributed by atoms with E-state index in [1.807, 2.05) is 0 Å². The predicted octanol–water partition coefficient (Wildman–Crippen LogP) is 2.94. The molecule has 0 bridgehead atoms. The summed E-state index contributed by atoms with van der Waals surface area (Å²) in [6.07, 6.45) is 5.19. The lowest BCUT2D eigenvalue weighted by Gasteiger charge is -2.21. The molecule has 2 aromatic carbocycles. The van der Waals surface area contributed by atoms with Crippen LogP contribution in [-0.2, 0) is 4.79 Å². The topological polar surface area (TPSA) is 110 Å². The van der Waals surface area contributed by atoms with E-state index < -0.39 is 17.6 Å². The maximum absolute atomic E-state index is 12.5. The normalized spacial score (nSPS) is 15.9. The third kappa shape index (κ3) is 3.61. The molecule has 0 unspecified atom stereocenters. The molecule has 8 nitrogen and oxygen atoms in total. The highest BCUT2D eigenvalue weighted by atomic mass is 16.7. The van der Waals surface area contributed by atoms with Gasteiger partial charge in [0.25, 0.3) is 11.7 Å². The summed E-state index contributed by atoms with van der Waals surface area (Å²) in [5.41, 5.74) is 0.754. The van der Waals surface area contributed by atoms with Crippen LogP contribution in [0.5, 0.6) is 11.5 Å². The number of aromatic amines is 1. The monoisotopic (exact) mass is 419 g/mol. The molecule has 1 aliphatic heterocycles. The molecular weight excluding hydrogens is 398 g/mol. The second-order valence-corrected chi connectivity index (χ2v) is 7.79. The molecule has 0 atom stereocenters. The van der Waals surface area contributed by atoms with Crippen LogP contribution >= 0.6 is 0 Å². The lowest BCUT2D eigenvalue weighted by Crippen LogP contribution is -2.35. The summed E-state index contributed by atoms with van der Waals surface area (Å²) in [6, 6.07) is 12.1. The molecule has 0 saturated heterocycles. The number of H-pyrrole nitrogens is 1. The first-order valence-corrected chi connectivity index (χ1v) is 10.2. The Balaban J connectivity index is 1.22. The SMILES string of the molecule is O=C(CNC(=O)c1c[nH]c2ccccc2c1=O)Nc1ccc2c(c1)OC1(CCCC1)O2. The number of hydrogen-bond acceptors (Lipinski definition) is 5. The van der Waals surface area contributed by atoms with Crippen LogP contribution in [0.4, 0.5) is 5.69 Å². The van der Waals surface area contributed by atoms with Crippen LogP contribution < -0.4 is 25.5 Å². The fourth-order valence-electron chi connectivity index (χ4n) is 4.09. The van der Waals surface area contributed by atoms with Gasteiger partial charge in [-0.1, -0.05) is 12.1 Å². The number of ether oxygens (including phenoxy) is 2. The van der Waals surface area contributed by atoms with Gasteiger partial charge in [-0.15, -0.1) is 0 Å². The van der Waals surface area contributed by atoms with Gasteiger partial charge < -0.3 is 25.1 Å². The Hall–Kier alpha value is -3.81. The lowest BCUT2D eigenvalue weighted by atomic mass is 10.1. The Bertz CT molecular complexity index is 1240. The van der Waals surface area contributed by atoms with Gasteiger partial charge in [-0.3, -0.25) is 14.4 Å². The highest BCUT2D eigenvalue weighted by Crippen LogP contribution is 2.47. The molecule has 1 aliphatic carbocycles. The van der Waals surface area contributed by atoms with Crippen molar-refractivity contribution in [3.8, 4) is 11.5 Å². The lowest BCUT2D eigenvalue weighted by molar-refractivity contribution is -0.115. The van der Waals surface area contributed by atoms with Crippen LogP contribution in [0, 0.1) is 0 Å². The molecule has 1 spiro atoms. The average molecular weight is 419 g/mol. The summed E-state index contributed by atoms with van der Waals surface area (Å²) in [4.78, 5) is 40.2. The molecule has 1 fully saturated rings. The van der Waals surface area contributed by atoms with E-state index in [1.165, 1.54) is 6.20 Å².